The van der Waals surface area contributed by atoms with Gasteiger partial charge in [0.25, 0.3) is 0 Å². The van der Waals surface area contributed by atoms with E-state index in [1.165, 1.54) is 96.3 Å². The third-order valence-electron chi connectivity index (χ3n) is 9.93. The number of unbranched alkanes of at least 4 members (excludes halogenated alkanes) is 22. The van der Waals surface area contributed by atoms with Crippen molar-refractivity contribution in [3.8, 4) is 0 Å². The first-order valence-corrected chi connectivity index (χ1v) is 24.7. The average Bonchev–Trinajstić information content (AvgIpc) is 3.16. The van der Waals surface area contributed by atoms with Crippen molar-refractivity contribution in [1.82, 2.24) is 0 Å². The quantitative estimate of drug-likeness (QED) is 0.0213. The van der Waals surface area contributed by atoms with Crippen LogP contribution in [0.1, 0.15) is 200 Å². The zero-order valence-electron chi connectivity index (χ0n) is 37.6. The molecule has 0 aromatic rings. The minimum absolute atomic E-state index is 0.0296. The maximum absolute atomic E-state index is 12.7. The van der Waals surface area contributed by atoms with Gasteiger partial charge in [0.1, 0.15) is 19.8 Å². The van der Waals surface area contributed by atoms with Gasteiger partial charge < -0.3 is 18.9 Å². The van der Waals surface area contributed by atoms with Crippen molar-refractivity contribution in [2.75, 3.05) is 47.5 Å². The molecule has 334 valence electrons. The van der Waals surface area contributed by atoms with Gasteiger partial charge in [-0.15, -0.1) is 0 Å². The Labute approximate surface area is 351 Å². The number of allylic oxidation sites excluding steroid dienone is 6. The van der Waals surface area contributed by atoms with Crippen LogP contribution in [0.4, 0.5) is 0 Å². The molecule has 0 saturated heterocycles. The fourth-order valence-corrected chi connectivity index (χ4v) is 7.06. The van der Waals surface area contributed by atoms with Crippen LogP contribution in [0, 0.1) is 0 Å². The van der Waals surface area contributed by atoms with E-state index in [9.17, 15) is 19.0 Å². The molecule has 0 aromatic carbocycles. The summed E-state index contributed by atoms with van der Waals surface area (Å²) in [6, 6.07) is 0. The summed E-state index contributed by atoms with van der Waals surface area (Å²) in [7, 11) is 1.47. The molecule has 9 nitrogen and oxygen atoms in total. The molecule has 0 aromatic heterocycles. The summed E-state index contributed by atoms with van der Waals surface area (Å²) in [5.74, 6) is -0.812. The van der Waals surface area contributed by atoms with Gasteiger partial charge in [-0.3, -0.25) is 18.6 Å². The largest absolute Gasteiger partial charge is 0.472 e. The van der Waals surface area contributed by atoms with Crippen LogP contribution in [0.15, 0.2) is 36.5 Å². The van der Waals surface area contributed by atoms with Gasteiger partial charge in [0.2, 0.25) is 0 Å². The summed E-state index contributed by atoms with van der Waals surface area (Å²) in [6.07, 6.45) is 44.7. The Morgan fingerprint density at radius 1 is 0.561 bits per heavy atom. The highest BCUT2D eigenvalue weighted by Gasteiger charge is 2.27. The first kappa shape index (κ1) is 55.2. The molecule has 0 fully saturated rings. The van der Waals surface area contributed by atoms with E-state index in [0.717, 1.165) is 70.6 Å². The molecule has 1 N–H and O–H groups in total. The number of esters is 2. The van der Waals surface area contributed by atoms with Gasteiger partial charge in [-0.2, -0.15) is 0 Å². The Hall–Kier alpha value is -1.77. The van der Waals surface area contributed by atoms with Crippen molar-refractivity contribution >= 4 is 19.8 Å². The van der Waals surface area contributed by atoms with E-state index in [4.69, 9.17) is 18.5 Å². The highest BCUT2D eigenvalue weighted by molar-refractivity contribution is 7.47. The van der Waals surface area contributed by atoms with Crippen LogP contribution in [0.25, 0.3) is 0 Å². The summed E-state index contributed by atoms with van der Waals surface area (Å²) in [4.78, 5) is 35.4. The highest BCUT2D eigenvalue weighted by Crippen LogP contribution is 2.43. The van der Waals surface area contributed by atoms with Crippen molar-refractivity contribution < 1.29 is 42.1 Å². The summed E-state index contributed by atoms with van der Waals surface area (Å²) in [5.41, 5.74) is 0. The molecule has 0 bridgehead atoms. The topological polar surface area (TPSA) is 108 Å². The third-order valence-corrected chi connectivity index (χ3v) is 10.9. The van der Waals surface area contributed by atoms with Crippen molar-refractivity contribution in [2.45, 2.75) is 206 Å². The van der Waals surface area contributed by atoms with Gasteiger partial charge in [-0.25, -0.2) is 4.57 Å². The number of hydrogen-bond donors (Lipinski definition) is 1. The lowest BCUT2D eigenvalue weighted by Gasteiger charge is -2.24. The van der Waals surface area contributed by atoms with Gasteiger partial charge in [0.15, 0.2) is 6.10 Å². The smallest absolute Gasteiger partial charge is 0.462 e. The van der Waals surface area contributed by atoms with E-state index in [1.54, 1.807) is 0 Å². The van der Waals surface area contributed by atoms with Crippen LogP contribution in [-0.4, -0.2) is 74.9 Å². The maximum atomic E-state index is 12.7. The number of likely N-dealkylation sites (N-methyl/N-ethyl adjacent to an activating group) is 1. The van der Waals surface area contributed by atoms with E-state index in [1.807, 2.05) is 21.1 Å². The predicted octanol–water partition coefficient (Wildman–Crippen LogP) is 13.3. The second-order valence-electron chi connectivity index (χ2n) is 16.8. The number of phosphoric ester groups is 1. The molecule has 1 unspecified atom stereocenters. The van der Waals surface area contributed by atoms with Crippen LogP contribution in [0.5, 0.6) is 0 Å². The zero-order valence-corrected chi connectivity index (χ0v) is 38.5. The number of carbonyl (C=O) groups excluding carboxylic acids is 2. The summed E-state index contributed by atoms with van der Waals surface area (Å²) >= 11 is 0. The van der Waals surface area contributed by atoms with Crippen molar-refractivity contribution in [2.24, 2.45) is 0 Å². The van der Waals surface area contributed by atoms with E-state index in [-0.39, 0.29) is 32.0 Å². The normalized spacial score (nSPS) is 13.9. The number of ether oxygens (including phenoxy) is 2. The minimum Gasteiger partial charge on any atom is -0.462 e. The van der Waals surface area contributed by atoms with Gasteiger partial charge in [0.05, 0.1) is 27.7 Å². The van der Waals surface area contributed by atoms with Crippen LogP contribution in [-0.2, 0) is 32.7 Å². The first-order valence-electron chi connectivity index (χ1n) is 23.2. The van der Waals surface area contributed by atoms with Crippen LogP contribution >= 0.6 is 7.82 Å². The Bertz CT molecular complexity index is 1070. The number of carbonyl (C=O) groups is 2. The number of rotatable bonds is 42. The molecule has 0 radical (unpaired) electrons. The van der Waals surface area contributed by atoms with Crippen molar-refractivity contribution in [1.29, 1.82) is 0 Å². The third kappa shape index (κ3) is 43.6. The molecule has 57 heavy (non-hydrogen) atoms. The second-order valence-corrected chi connectivity index (χ2v) is 18.2. The molecule has 0 aliphatic carbocycles. The molecular formula is C47H89NO8P+. The monoisotopic (exact) mass is 827 g/mol. The van der Waals surface area contributed by atoms with E-state index in [2.05, 4.69) is 50.3 Å². The molecule has 0 amide bonds. The number of nitrogens with zero attached hydrogens (tertiary/aromatic N) is 1. The summed E-state index contributed by atoms with van der Waals surface area (Å²) in [5, 5.41) is 0. The minimum atomic E-state index is -4.38. The number of hydrogen-bond acceptors (Lipinski definition) is 7. The lowest BCUT2D eigenvalue weighted by atomic mass is 10.0. The zero-order chi connectivity index (χ0) is 42.1. The fourth-order valence-electron chi connectivity index (χ4n) is 6.32. The Balaban J connectivity index is 4.32. The molecular weight excluding hydrogens is 737 g/mol. The number of quaternary nitrogens is 1. The summed E-state index contributed by atoms with van der Waals surface area (Å²) in [6.45, 7) is 4.31. The average molecular weight is 827 g/mol. The molecule has 0 aliphatic rings. The van der Waals surface area contributed by atoms with Crippen LogP contribution < -0.4 is 0 Å². The van der Waals surface area contributed by atoms with Crippen molar-refractivity contribution in [3.63, 3.8) is 0 Å². The lowest BCUT2D eigenvalue weighted by molar-refractivity contribution is -0.870. The maximum Gasteiger partial charge on any atom is 0.472 e. The van der Waals surface area contributed by atoms with Crippen LogP contribution in [0.2, 0.25) is 0 Å². The molecule has 0 saturated carbocycles. The van der Waals surface area contributed by atoms with Gasteiger partial charge in [-0.05, 0) is 44.9 Å². The molecule has 0 heterocycles. The predicted molar refractivity (Wildman–Crippen MR) is 238 cm³/mol. The van der Waals surface area contributed by atoms with E-state index >= 15 is 0 Å². The highest BCUT2D eigenvalue weighted by atomic mass is 31.2. The molecule has 0 rings (SSSR count). The standard InChI is InChI=1S/C47H88NO8P/c1-6-8-10-12-14-16-18-20-22-23-24-26-28-30-32-34-36-38-40-47(50)56-45(44-55-57(51,52)54-42-41-48(3,4)5)43-53-46(49)39-37-35-33-31-29-27-25-21-19-17-15-13-11-9-7-2/h9,11,15,17,21,25,45H,6-8,10,12-14,16,18-20,22-24,26-44H2,1-5H3/p+1/b11-9+,17-15+,25-21+/t45-/m1/s1. The Kier molecular flexibility index (Phi) is 38.4. The lowest BCUT2D eigenvalue weighted by Crippen LogP contribution is -2.37. The Morgan fingerprint density at radius 3 is 1.49 bits per heavy atom. The molecule has 2 atom stereocenters. The number of phosphoric acid groups is 1. The fraction of sp³-hybridized carbons (Fsp3) is 0.830. The SMILES string of the molecule is CC/C=C/C/C=C/C/C=C/CCCCCCCC(=O)OC[C@H](COP(=O)(O)OCC[N+](C)(C)C)OC(=O)CCCCCCCCCCCCCCCCCCCC. The first-order chi connectivity index (χ1) is 27.5. The van der Waals surface area contributed by atoms with Gasteiger partial charge in [-0.1, -0.05) is 179 Å². The van der Waals surface area contributed by atoms with E-state index < -0.39 is 26.5 Å². The summed E-state index contributed by atoms with van der Waals surface area (Å²) < 4.78 is 34.3. The molecule has 0 spiro atoms. The molecule has 10 heteroatoms. The second kappa shape index (κ2) is 39.7. The Morgan fingerprint density at radius 2 is 1.00 bits per heavy atom. The van der Waals surface area contributed by atoms with Crippen molar-refractivity contribution in [3.05, 3.63) is 36.5 Å². The van der Waals surface area contributed by atoms with Gasteiger partial charge >= 0.3 is 19.8 Å². The molecule has 0 aliphatic heterocycles. The van der Waals surface area contributed by atoms with Gasteiger partial charge in [0, 0.05) is 12.8 Å². The van der Waals surface area contributed by atoms with Crippen LogP contribution in [0.3, 0.4) is 0 Å². The van der Waals surface area contributed by atoms with E-state index in [0.29, 0.717) is 17.4 Å².